The molecule has 0 spiro atoms. The van der Waals surface area contributed by atoms with Crippen LogP contribution in [0.25, 0.3) is 0 Å². The third kappa shape index (κ3) is 4.22. The highest BCUT2D eigenvalue weighted by Gasteiger charge is 2.34. The molecule has 2 rings (SSSR count). The summed E-state index contributed by atoms with van der Waals surface area (Å²) in [7, 11) is 0. The molecular formula is C17H26ClN3O. The minimum atomic E-state index is -0.0961. The third-order valence-corrected chi connectivity index (χ3v) is 4.85. The van der Waals surface area contributed by atoms with Crippen LogP contribution in [-0.4, -0.2) is 36.5 Å². The van der Waals surface area contributed by atoms with Gasteiger partial charge in [0, 0.05) is 24.2 Å². The molecule has 1 aromatic rings. The van der Waals surface area contributed by atoms with Crippen LogP contribution >= 0.6 is 11.6 Å². The van der Waals surface area contributed by atoms with E-state index in [1.54, 1.807) is 0 Å². The van der Waals surface area contributed by atoms with Gasteiger partial charge in [0.1, 0.15) is 0 Å². The molecule has 122 valence electrons. The standard InChI is InChI=1S/C17H26ClN3O/c1-12(13-6-4-5-7-14(13)18)20-16(22)10-21-9-8-15(19)17(2,3)11-21/h4-7,12,15H,8-11,19H2,1-3H3,(H,20,22). The number of likely N-dealkylation sites (tertiary alicyclic amines) is 1. The van der Waals surface area contributed by atoms with E-state index in [-0.39, 0.29) is 23.4 Å². The van der Waals surface area contributed by atoms with Gasteiger partial charge in [0.25, 0.3) is 0 Å². The van der Waals surface area contributed by atoms with Crippen molar-refractivity contribution in [1.82, 2.24) is 10.2 Å². The lowest BCUT2D eigenvalue weighted by atomic mass is 9.80. The number of nitrogens with one attached hydrogen (secondary N) is 1. The summed E-state index contributed by atoms with van der Waals surface area (Å²) in [5.41, 5.74) is 7.13. The fraction of sp³-hybridized carbons (Fsp3) is 0.588. The van der Waals surface area contributed by atoms with E-state index in [9.17, 15) is 4.79 Å². The first-order valence-electron chi connectivity index (χ1n) is 7.81. The van der Waals surface area contributed by atoms with Crippen LogP contribution in [0, 0.1) is 5.41 Å². The van der Waals surface area contributed by atoms with Crippen molar-refractivity contribution in [3.05, 3.63) is 34.9 Å². The first-order valence-corrected chi connectivity index (χ1v) is 8.19. The zero-order chi connectivity index (χ0) is 16.3. The molecule has 1 fully saturated rings. The Balaban J connectivity index is 1.89. The quantitative estimate of drug-likeness (QED) is 0.895. The Morgan fingerprint density at radius 1 is 1.50 bits per heavy atom. The lowest BCUT2D eigenvalue weighted by Crippen LogP contribution is -2.54. The molecule has 1 saturated heterocycles. The van der Waals surface area contributed by atoms with Gasteiger partial charge in [-0.2, -0.15) is 0 Å². The highest BCUT2D eigenvalue weighted by molar-refractivity contribution is 6.31. The fourth-order valence-corrected chi connectivity index (χ4v) is 3.31. The van der Waals surface area contributed by atoms with Crippen LogP contribution in [0.2, 0.25) is 5.02 Å². The van der Waals surface area contributed by atoms with Crippen molar-refractivity contribution in [2.24, 2.45) is 11.1 Å². The molecule has 1 amide bonds. The van der Waals surface area contributed by atoms with Gasteiger partial charge < -0.3 is 11.1 Å². The number of benzene rings is 1. The van der Waals surface area contributed by atoms with Crippen LogP contribution in [0.3, 0.4) is 0 Å². The van der Waals surface area contributed by atoms with Gasteiger partial charge in [0.2, 0.25) is 5.91 Å². The topological polar surface area (TPSA) is 58.4 Å². The van der Waals surface area contributed by atoms with E-state index < -0.39 is 0 Å². The molecule has 0 saturated carbocycles. The molecule has 1 aliphatic rings. The first kappa shape index (κ1) is 17.3. The van der Waals surface area contributed by atoms with Gasteiger partial charge in [0.15, 0.2) is 0 Å². The monoisotopic (exact) mass is 323 g/mol. The highest BCUT2D eigenvalue weighted by Crippen LogP contribution is 2.27. The van der Waals surface area contributed by atoms with Crippen LogP contribution in [0.1, 0.15) is 38.8 Å². The van der Waals surface area contributed by atoms with Gasteiger partial charge >= 0.3 is 0 Å². The van der Waals surface area contributed by atoms with Crippen LogP contribution in [0.4, 0.5) is 0 Å². The largest absolute Gasteiger partial charge is 0.348 e. The van der Waals surface area contributed by atoms with Crippen LogP contribution in [0.15, 0.2) is 24.3 Å². The maximum atomic E-state index is 12.3. The van der Waals surface area contributed by atoms with Gasteiger partial charge in [-0.3, -0.25) is 9.69 Å². The van der Waals surface area contributed by atoms with Crippen molar-refractivity contribution in [1.29, 1.82) is 0 Å². The van der Waals surface area contributed by atoms with Gasteiger partial charge in [-0.1, -0.05) is 43.6 Å². The summed E-state index contributed by atoms with van der Waals surface area (Å²) in [5.74, 6) is 0.0266. The van der Waals surface area contributed by atoms with Crippen LogP contribution < -0.4 is 11.1 Å². The van der Waals surface area contributed by atoms with E-state index in [2.05, 4.69) is 24.1 Å². The summed E-state index contributed by atoms with van der Waals surface area (Å²) < 4.78 is 0. The van der Waals surface area contributed by atoms with Crippen LogP contribution in [-0.2, 0) is 4.79 Å². The van der Waals surface area contributed by atoms with E-state index in [4.69, 9.17) is 17.3 Å². The summed E-state index contributed by atoms with van der Waals surface area (Å²) in [6.07, 6.45) is 0.931. The minimum absolute atomic E-state index is 0.0266. The fourth-order valence-electron chi connectivity index (χ4n) is 3.01. The zero-order valence-corrected chi connectivity index (χ0v) is 14.4. The van der Waals surface area contributed by atoms with Gasteiger partial charge in [-0.25, -0.2) is 0 Å². The Morgan fingerprint density at radius 3 is 2.82 bits per heavy atom. The molecule has 5 heteroatoms. The highest BCUT2D eigenvalue weighted by atomic mass is 35.5. The SMILES string of the molecule is CC(NC(=O)CN1CCC(N)C(C)(C)C1)c1ccccc1Cl. The molecule has 0 aliphatic carbocycles. The Bertz CT molecular complexity index is 532. The van der Waals surface area contributed by atoms with Crippen molar-refractivity contribution in [2.45, 2.75) is 39.3 Å². The van der Waals surface area contributed by atoms with Gasteiger partial charge in [0.05, 0.1) is 12.6 Å². The molecule has 2 atom stereocenters. The summed E-state index contributed by atoms with van der Waals surface area (Å²) in [4.78, 5) is 14.5. The summed E-state index contributed by atoms with van der Waals surface area (Å²) in [6.45, 7) is 8.41. The number of amides is 1. The maximum Gasteiger partial charge on any atom is 0.234 e. The maximum absolute atomic E-state index is 12.3. The molecule has 1 heterocycles. The van der Waals surface area contributed by atoms with Crippen molar-refractivity contribution in [3.8, 4) is 0 Å². The Kier molecular flexibility index (Phi) is 5.48. The number of nitrogens with zero attached hydrogens (tertiary/aromatic N) is 1. The Hall–Kier alpha value is -1.10. The summed E-state index contributed by atoms with van der Waals surface area (Å²) in [5, 5.41) is 3.71. The van der Waals surface area contributed by atoms with Gasteiger partial charge in [-0.15, -0.1) is 0 Å². The van der Waals surface area contributed by atoms with Crippen molar-refractivity contribution in [3.63, 3.8) is 0 Å². The number of hydrogen-bond acceptors (Lipinski definition) is 3. The second kappa shape index (κ2) is 6.99. The van der Waals surface area contributed by atoms with Crippen molar-refractivity contribution in [2.75, 3.05) is 19.6 Å². The number of hydrogen-bond donors (Lipinski definition) is 2. The smallest absolute Gasteiger partial charge is 0.234 e. The Morgan fingerprint density at radius 2 is 2.18 bits per heavy atom. The van der Waals surface area contributed by atoms with E-state index in [0.717, 1.165) is 25.1 Å². The van der Waals surface area contributed by atoms with Gasteiger partial charge in [-0.05, 0) is 30.4 Å². The summed E-state index contributed by atoms with van der Waals surface area (Å²) in [6, 6.07) is 7.71. The number of piperidine rings is 1. The molecule has 1 aliphatic heterocycles. The van der Waals surface area contributed by atoms with Crippen molar-refractivity contribution >= 4 is 17.5 Å². The van der Waals surface area contributed by atoms with E-state index >= 15 is 0 Å². The first-order chi connectivity index (χ1) is 10.3. The number of carbonyl (C=O) groups excluding carboxylic acids is 1. The van der Waals surface area contributed by atoms with E-state index in [1.165, 1.54) is 0 Å². The number of halogens is 1. The van der Waals surface area contributed by atoms with Crippen LogP contribution in [0.5, 0.6) is 0 Å². The minimum Gasteiger partial charge on any atom is -0.348 e. The molecule has 1 aromatic carbocycles. The Labute approximate surface area is 138 Å². The molecule has 0 bridgehead atoms. The summed E-state index contributed by atoms with van der Waals surface area (Å²) >= 11 is 6.17. The zero-order valence-electron chi connectivity index (χ0n) is 13.6. The lowest BCUT2D eigenvalue weighted by Gasteiger charge is -2.42. The number of rotatable bonds is 4. The molecular weight excluding hydrogens is 298 g/mol. The predicted octanol–water partition coefficient (Wildman–Crippen LogP) is 2.58. The molecule has 2 unspecified atom stereocenters. The van der Waals surface area contributed by atoms with Crippen molar-refractivity contribution < 1.29 is 4.79 Å². The second-order valence-electron chi connectivity index (χ2n) is 6.91. The lowest BCUT2D eigenvalue weighted by molar-refractivity contribution is -0.123. The average Bonchev–Trinajstić information content (AvgIpc) is 2.43. The molecule has 0 aromatic heterocycles. The predicted molar refractivity (Wildman–Crippen MR) is 90.8 cm³/mol. The van der Waals surface area contributed by atoms with E-state index in [0.29, 0.717) is 11.6 Å². The number of carbonyl (C=O) groups is 1. The molecule has 4 nitrogen and oxygen atoms in total. The third-order valence-electron chi connectivity index (χ3n) is 4.51. The number of nitrogens with two attached hydrogens (primary N) is 1. The average molecular weight is 324 g/mol. The molecule has 3 N–H and O–H groups in total. The van der Waals surface area contributed by atoms with E-state index in [1.807, 2.05) is 31.2 Å². The normalized spacial score (nSPS) is 23.0. The molecule has 22 heavy (non-hydrogen) atoms. The second-order valence-corrected chi connectivity index (χ2v) is 7.31. The molecule has 0 radical (unpaired) electrons.